The molecular weight excluding hydrogens is 490 g/mol. The summed E-state index contributed by atoms with van der Waals surface area (Å²) in [6.07, 6.45) is 1.73. The lowest BCUT2D eigenvalue weighted by atomic mass is 10.1. The zero-order valence-corrected chi connectivity index (χ0v) is 20.2. The molecule has 2 N–H and O–H groups in total. The molecular formula is C23H24BrN5O2S. The molecule has 1 heterocycles. The standard InChI is InChI=1S/C23H24BrN5O2S/c1-4-13-29-21(16(3)25-22(31)19-8-6-5-7-15(19)2)27-28-23(29)32-14-20(30)26-18-11-9-17(24)10-12-18/h4-12,16H,1,13-14H2,2-3H3,(H,25,31)(H,26,30)/t16-/m0/s1. The number of anilines is 1. The molecule has 1 aromatic heterocycles. The van der Waals surface area contributed by atoms with Crippen molar-refractivity contribution in [1.82, 2.24) is 20.1 Å². The van der Waals surface area contributed by atoms with Crippen molar-refractivity contribution in [3.63, 3.8) is 0 Å². The van der Waals surface area contributed by atoms with E-state index in [1.54, 1.807) is 12.1 Å². The second-order valence-corrected chi connectivity index (χ2v) is 8.95. The number of hydrogen-bond acceptors (Lipinski definition) is 5. The van der Waals surface area contributed by atoms with Gasteiger partial charge in [-0.3, -0.25) is 9.59 Å². The Bertz CT molecular complexity index is 1110. The summed E-state index contributed by atoms with van der Waals surface area (Å²) < 4.78 is 2.80. The minimum atomic E-state index is -0.375. The van der Waals surface area contributed by atoms with Crippen LogP contribution in [0, 0.1) is 6.92 Å². The third-order valence-corrected chi connectivity index (χ3v) is 6.14. The number of nitrogens with one attached hydrogen (secondary N) is 2. The lowest BCUT2D eigenvalue weighted by Crippen LogP contribution is -2.29. The van der Waals surface area contributed by atoms with E-state index >= 15 is 0 Å². The Hall–Kier alpha value is -2.91. The normalized spacial score (nSPS) is 11.6. The van der Waals surface area contributed by atoms with E-state index in [0.29, 0.717) is 23.1 Å². The number of amides is 2. The Morgan fingerprint density at radius 2 is 1.91 bits per heavy atom. The molecule has 7 nitrogen and oxygen atoms in total. The van der Waals surface area contributed by atoms with Crippen LogP contribution in [0.5, 0.6) is 0 Å². The monoisotopic (exact) mass is 513 g/mol. The molecule has 0 aliphatic carbocycles. The van der Waals surface area contributed by atoms with E-state index in [1.807, 2.05) is 60.9 Å². The quantitative estimate of drug-likeness (QED) is 0.318. The summed E-state index contributed by atoms with van der Waals surface area (Å²) in [6.45, 7) is 8.01. The number of thioether (sulfide) groups is 1. The molecule has 0 aliphatic heterocycles. The maximum Gasteiger partial charge on any atom is 0.252 e. The minimum absolute atomic E-state index is 0.145. The average molecular weight is 514 g/mol. The summed E-state index contributed by atoms with van der Waals surface area (Å²) in [6, 6.07) is 14.4. The SMILES string of the molecule is C=CCn1c(SCC(=O)Nc2ccc(Br)cc2)nnc1[C@H](C)NC(=O)c1ccccc1C. The summed E-state index contributed by atoms with van der Waals surface area (Å²) in [7, 11) is 0. The number of nitrogens with zero attached hydrogens (tertiary/aromatic N) is 3. The molecule has 9 heteroatoms. The van der Waals surface area contributed by atoms with Crippen LogP contribution in [0.15, 0.2) is 70.8 Å². The number of rotatable bonds is 9. The van der Waals surface area contributed by atoms with E-state index in [-0.39, 0.29) is 23.6 Å². The smallest absolute Gasteiger partial charge is 0.252 e. The molecule has 0 saturated heterocycles. The van der Waals surface area contributed by atoms with Gasteiger partial charge in [0.1, 0.15) is 0 Å². The number of carbonyl (C=O) groups is 2. The number of halogens is 1. The van der Waals surface area contributed by atoms with Crippen LogP contribution in [0.4, 0.5) is 5.69 Å². The van der Waals surface area contributed by atoms with E-state index in [9.17, 15) is 9.59 Å². The fourth-order valence-corrected chi connectivity index (χ4v) is 4.07. The van der Waals surface area contributed by atoms with E-state index in [2.05, 4.69) is 43.3 Å². The van der Waals surface area contributed by atoms with Crippen molar-refractivity contribution in [3.8, 4) is 0 Å². The van der Waals surface area contributed by atoms with Crippen LogP contribution in [0.1, 0.15) is 34.7 Å². The van der Waals surface area contributed by atoms with Gasteiger partial charge in [-0.15, -0.1) is 16.8 Å². The molecule has 0 bridgehead atoms. The topological polar surface area (TPSA) is 88.9 Å². The minimum Gasteiger partial charge on any atom is -0.342 e. The maximum absolute atomic E-state index is 12.7. The van der Waals surface area contributed by atoms with Crippen LogP contribution in [0.3, 0.4) is 0 Å². The zero-order valence-electron chi connectivity index (χ0n) is 17.8. The Morgan fingerprint density at radius 1 is 1.19 bits per heavy atom. The van der Waals surface area contributed by atoms with Gasteiger partial charge in [0.2, 0.25) is 5.91 Å². The Morgan fingerprint density at radius 3 is 2.59 bits per heavy atom. The van der Waals surface area contributed by atoms with Crippen LogP contribution in [-0.2, 0) is 11.3 Å². The van der Waals surface area contributed by atoms with Crippen LogP contribution < -0.4 is 10.6 Å². The number of allylic oxidation sites excluding steroid dienone is 1. The number of aromatic nitrogens is 3. The number of hydrogen-bond donors (Lipinski definition) is 2. The van der Waals surface area contributed by atoms with Gasteiger partial charge in [0.15, 0.2) is 11.0 Å². The van der Waals surface area contributed by atoms with Crippen LogP contribution in [0.25, 0.3) is 0 Å². The molecule has 0 fully saturated rings. The van der Waals surface area contributed by atoms with Gasteiger partial charge in [-0.25, -0.2) is 0 Å². The lowest BCUT2D eigenvalue weighted by molar-refractivity contribution is -0.113. The van der Waals surface area contributed by atoms with Gasteiger partial charge in [0.05, 0.1) is 11.8 Å². The van der Waals surface area contributed by atoms with Gasteiger partial charge in [-0.05, 0) is 49.7 Å². The predicted molar refractivity (Wildman–Crippen MR) is 131 cm³/mol. The first-order chi connectivity index (χ1) is 15.4. The summed E-state index contributed by atoms with van der Waals surface area (Å²) in [4.78, 5) is 25.0. The second kappa shape index (κ2) is 11.1. The van der Waals surface area contributed by atoms with Gasteiger partial charge >= 0.3 is 0 Å². The molecule has 3 rings (SSSR count). The highest BCUT2D eigenvalue weighted by Crippen LogP contribution is 2.22. The Kier molecular flexibility index (Phi) is 8.24. The summed E-state index contributed by atoms with van der Waals surface area (Å²) >= 11 is 4.65. The van der Waals surface area contributed by atoms with Gasteiger partial charge in [0, 0.05) is 22.3 Å². The van der Waals surface area contributed by atoms with Gasteiger partial charge in [0.25, 0.3) is 5.91 Å². The third kappa shape index (κ3) is 6.08. The first-order valence-electron chi connectivity index (χ1n) is 9.97. The van der Waals surface area contributed by atoms with E-state index in [1.165, 1.54) is 11.8 Å². The maximum atomic E-state index is 12.7. The van der Waals surface area contributed by atoms with Crippen molar-refractivity contribution in [2.45, 2.75) is 31.6 Å². The molecule has 0 saturated carbocycles. The molecule has 0 unspecified atom stereocenters. The average Bonchev–Trinajstić information content (AvgIpc) is 3.17. The fourth-order valence-electron chi connectivity index (χ4n) is 3.05. The van der Waals surface area contributed by atoms with E-state index in [0.717, 1.165) is 15.7 Å². The first-order valence-corrected chi connectivity index (χ1v) is 11.8. The molecule has 0 aliphatic rings. The Balaban J connectivity index is 1.67. The lowest BCUT2D eigenvalue weighted by Gasteiger charge is -2.16. The van der Waals surface area contributed by atoms with Crippen molar-refractivity contribution < 1.29 is 9.59 Å². The van der Waals surface area contributed by atoms with Crippen molar-refractivity contribution in [3.05, 3.63) is 82.6 Å². The number of benzene rings is 2. The van der Waals surface area contributed by atoms with Crippen molar-refractivity contribution in [2.24, 2.45) is 0 Å². The summed E-state index contributed by atoms with van der Waals surface area (Å²) in [5, 5.41) is 14.9. The molecule has 0 radical (unpaired) electrons. The fraction of sp³-hybridized carbons (Fsp3) is 0.217. The summed E-state index contributed by atoms with van der Waals surface area (Å²) in [5.41, 5.74) is 2.24. The number of carbonyl (C=O) groups excluding carboxylic acids is 2. The van der Waals surface area contributed by atoms with Crippen molar-refractivity contribution in [1.29, 1.82) is 0 Å². The molecule has 2 amide bonds. The molecule has 32 heavy (non-hydrogen) atoms. The molecule has 0 spiro atoms. The first kappa shape index (κ1) is 23.7. The van der Waals surface area contributed by atoms with E-state index < -0.39 is 0 Å². The van der Waals surface area contributed by atoms with Crippen LogP contribution >= 0.6 is 27.7 Å². The molecule has 2 aromatic carbocycles. The van der Waals surface area contributed by atoms with Crippen molar-refractivity contribution >= 4 is 45.2 Å². The highest BCUT2D eigenvalue weighted by Gasteiger charge is 2.21. The molecule has 166 valence electrons. The van der Waals surface area contributed by atoms with Crippen LogP contribution in [0.2, 0.25) is 0 Å². The number of aryl methyl sites for hydroxylation is 1. The van der Waals surface area contributed by atoms with E-state index in [4.69, 9.17) is 0 Å². The zero-order chi connectivity index (χ0) is 23.1. The second-order valence-electron chi connectivity index (χ2n) is 7.09. The van der Waals surface area contributed by atoms with Gasteiger partial charge in [-0.1, -0.05) is 52.0 Å². The predicted octanol–water partition coefficient (Wildman–Crippen LogP) is 4.76. The van der Waals surface area contributed by atoms with Crippen LogP contribution in [-0.4, -0.2) is 32.3 Å². The largest absolute Gasteiger partial charge is 0.342 e. The third-order valence-electron chi connectivity index (χ3n) is 4.64. The highest BCUT2D eigenvalue weighted by atomic mass is 79.9. The summed E-state index contributed by atoms with van der Waals surface area (Å²) in [5.74, 6) is 0.456. The van der Waals surface area contributed by atoms with Gasteiger partial charge < -0.3 is 15.2 Å². The van der Waals surface area contributed by atoms with Gasteiger partial charge in [-0.2, -0.15) is 0 Å². The molecule has 1 atom stereocenters. The van der Waals surface area contributed by atoms with Crippen molar-refractivity contribution in [2.75, 3.05) is 11.1 Å². The highest BCUT2D eigenvalue weighted by molar-refractivity contribution is 9.10. The Labute approximate surface area is 199 Å². The molecule has 3 aromatic rings.